The van der Waals surface area contributed by atoms with E-state index in [4.69, 9.17) is 5.26 Å². The SMILES string of the molecule is CC(C)C[C@H]1NC(=O)[C@@H](C)NC(=O)CN(C(=O)c2ccc(C#N)nc2)CCCNC(=O)Cn2nc(-c3ccccc3)nc2[C@H](C)NC1=O. The molecule has 0 saturated heterocycles. The molecule has 48 heavy (non-hydrogen) atoms. The number of carbonyl (C=O) groups excluding carboxylic acids is 5. The fourth-order valence-corrected chi connectivity index (χ4v) is 5.12. The molecule has 1 aliphatic rings. The Bertz CT molecular complexity index is 1670. The summed E-state index contributed by atoms with van der Waals surface area (Å²) in [7, 11) is 0. The van der Waals surface area contributed by atoms with E-state index in [1.165, 1.54) is 34.8 Å². The van der Waals surface area contributed by atoms with Crippen LogP contribution >= 0.6 is 0 Å². The predicted octanol–water partition coefficient (Wildman–Crippen LogP) is 1.09. The Morgan fingerprint density at radius 2 is 1.71 bits per heavy atom. The topological polar surface area (TPSA) is 204 Å². The van der Waals surface area contributed by atoms with E-state index < -0.39 is 41.8 Å². The van der Waals surface area contributed by atoms with Gasteiger partial charge in [-0.3, -0.25) is 24.0 Å². The van der Waals surface area contributed by atoms with Crippen molar-refractivity contribution >= 4 is 29.5 Å². The molecule has 3 atom stereocenters. The molecule has 2 aromatic heterocycles. The van der Waals surface area contributed by atoms with Crippen molar-refractivity contribution in [3.05, 3.63) is 65.7 Å². The molecule has 3 heterocycles. The van der Waals surface area contributed by atoms with Crippen LogP contribution in [0.2, 0.25) is 0 Å². The molecule has 1 aromatic carbocycles. The summed E-state index contributed by atoms with van der Waals surface area (Å²) in [5.41, 5.74) is 1.03. The monoisotopic (exact) mass is 656 g/mol. The Morgan fingerprint density at radius 3 is 2.38 bits per heavy atom. The van der Waals surface area contributed by atoms with Gasteiger partial charge in [-0.1, -0.05) is 44.2 Å². The van der Waals surface area contributed by atoms with Gasteiger partial charge in [-0.25, -0.2) is 14.6 Å². The third-order valence-corrected chi connectivity index (χ3v) is 7.56. The van der Waals surface area contributed by atoms with Gasteiger partial charge in [0.1, 0.15) is 36.2 Å². The molecular formula is C33H40N10O5. The molecule has 5 amide bonds. The molecule has 0 unspecified atom stereocenters. The van der Waals surface area contributed by atoms with Gasteiger partial charge in [0.25, 0.3) is 5.91 Å². The minimum atomic E-state index is -1.02. The molecule has 0 radical (unpaired) electrons. The molecule has 0 saturated carbocycles. The molecule has 1 aliphatic heterocycles. The van der Waals surface area contributed by atoms with E-state index in [9.17, 15) is 24.0 Å². The van der Waals surface area contributed by atoms with E-state index in [0.717, 1.165) is 5.56 Å². The second-order valence-corrected chi connectivity index (χ2v) is 12.0. The minimum absolute atomic E-state index is 0.0381. The zero-order chi connectivity index (χ0) is 34.8. The van der Waals surface area contributed by atoms with Crippen molar-refractivity contribution in [1.29, 1.82) is 5.26 Å². The summed E-state index contributed by atoms with van der Waals surface area (Å²) in [6.07, 6.45) is 1.87. The average Bonchev–Trinajstić information content (AvgIpc) is 3.49. The first-order chi connectivity index (χ1) is 22.9. The molecule has 4 N–H and O–H groups in total. The molecule has 0 aliphatic carbocycles. The minimum Gasteiger partial charge on any atom is -0.354 e. The van der Waals surface area contributed by atoms with Crippen molar-refractivity contribution in [2.75, 3.05) is 19.6 Å². The van der Waals surface area contributed by atoms with Gasteiger partial charge in [0.2, 0.25) is 23.6 Å². The molecule has 4 rings (SSSR count). The van der Waals surface area contributed by atoms with E-state index in [-0.39, 0.29) is 49.3 Å². The van der Waals surface area contributed by atoms with Crippen LogP contribution in [-0.4, -0.2) is 85.9 Å². The lowest BCUT2D eigenvalue weighted by Crippen LogP contribution is -2.54. The van der Waals surface area contributed by atoms with Gasteiger partial charge < -0.3 is 26.2 Å². The quantitative estimate of drug-likeness (QED) is 0.317. The van der Waals surface area contributed by atoms with Crippen molar-refractivity contribution in [3.63, 3.8) is 0 Å². The molecule has 0 bridgehead atoms. The van der Waals surface area contributed by atoms with Crippen LogP contribution in [0.4, 0.5) is 0 Å². The lowest BCUT2D eigenvalue weighted by atomic mass is 10.0. The second-order valence-electron chi connectivity index (χ2n) is 12.0. The first kappa shape index (κ1) is 35.2. The predicted molar refractivity (Wildman–Crippen MR) is 173 cm³/mol. The number of aromatic nitrogens is 4. The summed E-state index contributed by atoms with van der Waals surface area (Å²) in [4.78, 5) is 76.2. The van der Waals surface area contributed by atoms with Crippen LogP contribution in [0.15, 0.2) is 48.7 Å². The third kappa shape index (κ3) is 9.44. The number of amides is 5. The highest BCUT2D eigenvalue weighted by molar-refractivity contribution is 5.97. The maximum atomic E-state index is 13.5. The van der Waals surface area contributed by atoms with Crippen LogP contribution in [0.1, 0.15) is 68.5 Å². The first-order valence-electron chi connectivity index (χ1n) is 15.8. The molecule has 0 spiro atoms. The number of carbonyl (C=O) groups is 5. The largest absolute Gasteiger partial charge is 0.354 e. The summed E-state index contributed by atoms with van der Waals surface area (Å²) in [6.45, 7) is 6.72. The van der Waals surface area contributed by atoms with Crippen LogP contribution in [-0.2, 0) is 25.7 Å². The first-order valence-corrected chi connectivity index (χ1v) is 15.8. The van der Waals surface area contributed by atoms with Gasteiger partial charge in [-0.2, -0.15) is 10.4 Å². The zero-order valence-corrected chi connectivity index (χ0v) is 27.4. The van der Waals surface area contributed by atoms with Crippen molar-refractivity contribution in [2.24, 2.45) is 5.92 Å². The molecular weight excluding hydrogens is 616 g/mol. The molecule has 252 valence electrons. The number of nitrogens with one attached hydrogen (secondary N) is 4. The summed E-state index contributed by atoms with van der Waals surface area (Å²) in [5, 5.41) is 24.7. The summed E-state index contributed by atoms with van der Waals surface area (Å²) < 4.78 is 1.44. The Hall–Kier alpha value is -5.65. The zero-order valence-electron chi connectivity index (χ0n) is 27.4. The van der Waals surface area contributed by atoms with Crippen LogP contribution in [0, 0.1) is 17.2 Å². The van der Waals surface area contributed by atoms with E-state index in [2.05, 4.69) is 36.3 Å². The number of nitriles is 1. The highest BCUT2D eigenvalue weighted by Crippen LogP contribution is 2.19. The Balaban J connectivity index is 1.63. The highest BCUT2D eigenvalue weighted by Gasteiger charge is 2.29. The van der Waals surface area contributed by atoms with Crippen LogP contribution in [0.25, 0.3) is 11.4 Å². The smallest absolute Gasteiger partial charge is 0.255 e. The number of nitrogens with zero attached hydrogens (tertiary/aromatic N) is 6. The van der Waals surface area contributed by atoms with Gasteiger partial charge >= 0.3 is 0 Å². The second kappa shape index (κ2) is 16.3. The van der Waals surface area contributed by atoms with Gasteiger partial charge in [-0.15, -0.1) is 0 Å². The number of hydrogen-bond donors (Lipinski definition) is 4. The fraction of sp³-hybridized carbons (Fsp3) is 0.424. The summed E-state index contributed by atoms with van der Waals surface area (Å²) in [6, 6.07) is 11.3. The summed E-state index contributed by atoms with van der Waals surface area (Å²) >= 11 is 0. The number of hydrogen-bond acceptors (Lipinski definition) is 9. The van der Waals surface area contributed by atoms with E-state index in [1.54, 1.807) is 6.92 Å². The summed E-state index contributed by atoms with van der Waals surface area (Å²) in [5.74, 6) is -1.76. The average molecular weight is 657 g/mol. The Kier molecular flexibility index (Phi) is 11.9. The lowest BCUT2D eigenvalue weighted by molar-refractivity contribution is -0.132. The van der Waals surface area contributed by atoms with E-state index >= 15 is 0 Å². The van der Waals surface area contributed by atoms with Crippen molar-refractivity contribution in [2.45, 2.75) is 65.2 Å². The number of fused-ring (bicyclic) bond motifs is 1. The highest BCUT2D eigenvalue weighted by atomic mass is 16.2. The van der Waals surface area contributed by atoms with Gasteiger partial charge in [0.05, 0.1) is 18.2 Å². The fourth-order valence-electron chi connectivity index (χ4n) is 5.12. The Morgan fingerprint density at radius 1 is 0.958 bits per heavy atom. The van der Waals surface area contributed by atoms with Crippen molar-refractivity contribution in [3.8, 4) is 17.5 Å². The third-order valence-electron chi connectivity index (χ3n) is 7.56. The normalized spacial score (nSPS) is 20.2. The van der Waals surface area contributed by atoms with Crippen molar-refractivity contribution < 1.29 is 24.0 Å². The van der Waals surface area contributed by atoms with Crippen LogP contribution in [0.5, 0.6) is 0 Å². The standard InChI is InChI=1S/C33H40N10O5/c1-20(2)15-26-32(47)38-21(3)30-40-29(23-9-6-5-7-10-23)41-43(30)19-27(44)35-13-8-14-42(18-28(45)37-22(4)31(46)39-26)33(48)24-11-12-25(16-34)36-17-24/h5-7,9-12,17,20-22,26H,8,13-15,18-19H2,1-4H3,(H,35,44)(H,37,45)(H,38,47)(H,39,46)/t21-,22+,26+/m0/s1. The van der Waals surface area contributed by atoms with E-state index in [0.29, 0.717) is 24.5 Å². The van der Waals surface area contributed by atoms with Crippen molar-refractivity contribution in [1.82, 2.24) is 45.9 Å². The van der Waals surface area contributed by atoms with Crippen LogP contribution < -0.4 is 21.3 Å². The maximum absolute atomic E-state index is 13.5. The number of rotatable bonds is 4. The van der Waals surface area contributed by atoms with Gasteiger partial charge in [0.15, 0.2) is 5.82 Å². The van der Waals surface area contributed by atoms with Gasteiger partial charge in [-0.05, 0) is 44.7 Å². The van der Waals surface area contributed by atoms with Crippen LogP contribution in [0.3, 0.4) is 0 Å². The Labute approximate surface area is 278 Å². The maximum Gasteiger partial charge on any atom is 0.255 e. The molecule has 15 nitrogen and oxygen atoms in total. The molecule has 0 fully saturated rings. The van der Waals surface area contributed by atoms with Gasteiger partial charge in [0, 0.05) is 24.8 Å². The van der Waals surface area contributed by atoms with E-state index in [1.807, 2.05) is 50.2 Å². The lowest BCUT2D eigenvalue weighted by Gasteiger charge is -2.25. The molecule has 3 aromatic rings. The number of benzene rings is 1. The number of pyridine rings is 1. The molecule has 15 heteroatoms.